The van der Waals surface area contributed by atoms with Crippen molar-refractivity contribution < 1.29 is 14.7 Å². The first-order valence-corrected chi connectivity index (χ1v) is 7.82. The zero-order chi connectivity index (χ0) is 14.2. The molecule has 0 bridgehead atoms. The maximum atomic E-state index is 12.3. The Balaban J connectivity index is 1.57. The minimum Gasteiger partial charge on any atom is -0.389 e. The lowest BCUT2D eigenvalue weighted by atomic mass is 9.77. The van der Waals surface area contributed by atoms with Crippen molar-refractivity contribution in [2.24, 2.45) is 0 Å². The molecule has 3 fully saturated rings. The van der Waals surface area contributed by atoms with Crippen molar-refractivity contribution in [3.05, 3.63) is 0 Å². The third-order valence-electron chi connectivity index (χ3n) is 5.30. The van der Waals surface area contributed by atoms with E-state index in [0.717, 1.165) is 51.5 Å². The van der Waals surface area contributed by atoms with E-state index in [4.69, 9.17) is 0 Å². The van der Waals surface area contributed by atoms with Crippen LogP contribution in [0.5, 0.6) is 0 Å². The van der Waals surface area contributed by atoms with Crippen molar-refractivity contribution in [1.82, 2.24) is 10.2 Å². The average molecular weight is 280 g/mol. The summed E-state index contributed by atoms with van der Waals surface area (Å²) in [5.41, 5.74) is -0.803. The Hall–Kier alpha value is -1.10. The number of aliphatic hydroxyl groups is 1. The van der Waals surface area contributed by atoms with Gasteiger partial charge in [0.05, 0.1) is 12.0 Å². The summed E-state index contributed by atoms with van der Waals surface area (Å²) in [5, 5.41) is 13.2. The number of nitrogens with one attached hydrogen (secondary N) is 1. The van der Waals surface area contributed by atoms with E-state index < -0.39 is 5.60 Å². The smallest absolute Gasteiger partial charge is 0.225 e. The summed E-state index contributed by atoms with van der Waals surface area (Å²) >= 11 is 0. The first kappa shape index (κ1) is 13.9. The Kier molecular flexibility index (Phi) is 3.48. The van der Waals surface area contributed by atoms with E-state index >= 15 is 0 Å². The zero-order valence-electron chi connectivity index (χ0n) is 12.0. The highest BCUT2D eigenvalue weighted by Gasteiger charge is 2.41. The molecule has 1 unspecified atom stereocenters. The van der Waals surface area contributed by atoms with E-state index in [0.29, 0.717) is 13.0 Å². The van der Waals surface area contributed by atoms with Gasteiger partial charge in [-0.3, -0.25) is 9.59 Å². The number of nitrogens with zero attached hydrogens (tertiary/aromatic N) is 1. The molecule has 2 saturated heterocycles. The molecule has 0 radical (unpaired) electrons. The Bertz CT molecular complexity index is 419. The molecule has 2 amide bonds. The van der Waals surface area contributed by atoms with Crippen LogP contribution in [0.15, 0.2) is 0 Å². The molecule has 0 aromatic carbocycles. The first-order chi connectivity index (χ1) is 9.50. The van der Waals surface area contributed by atoms with Gasteiger partial charge in [0.1, 0.15) is 0 Å². The van der Waals surface area contributed by atoms with Gasteiger partial charge in [0.2, 0.25) is 11.8 Å². The lowest BCUT2D eigenvalue weighted by Gasteiger charge is -2.37. The van der Waals surface area contributed by atoms with E-state index in [9.17, 15) is 14.7 Å². The molecule has 3 aliphatic rings. The number of carbonyl (C=O) groups excluding carboxylic acids is 2. The number of carbonyl (C=O) groups is 2. The van der Waals surface area contributed by atoms with Gasteiger partial charge in [-0.15, -0.1) is 0 Å². The van der Waals surface area contributed by atoms with Crippen LogP contribution < -0.4 is 5.32 Å². The van der Waals surface area contributed by atoms with E-state index in [1.54, 1.807) is 0 Å². The molecule has 20 heavy (non-hydrogen) atoms. The van der Waals surface area contributed by atoms with Gasteiger partial charge in [0.25, 0.3) is 0 Å². The van der Waals surface area contributed by atoms with E-state index in [1.165, 1.54) is 0 Å². The Morgan fingerprint density at radius 3 is 2.55 bits per heavy atom. The molecule has 5 nitrogen and oxygen atoms in total. The molecule has 1 atom stereocenters. The summed E-state index contributed by atoms with van der Waals surface area (Å²) in [5.74, 6) is 0.224. The van der Waals surface area contributed by atoms with Gasteiger partial charge in [-0.2, -0.15) is 0 Å². The van der Waals surface area contributed by atoms with Crippen LogP contribution in [0.3, 0.4) is 0 Å². The molecular weight excluding hydrogens is 256 g/mol. The Labute approximate surface area is 119 Å². The van der Waals surface area contributed by atoms with Gasteiger partial charge < -0.3 is 15.3 Å². The molecule has 3 rings (SSSR count). The van der Waals surface area contributed by atoms with Gasteiger partial charge in [0.15, 0.2) is 0 Å². The lowest BCUT2D eigenvalue weighted by molar-refractivity contribution is -0.140. The normalized spacial score (nSPS) is 32.6. The molecular formula is C15H24N2O3. The van der Waals surface area contributed by atoms with Crippen LogP contribution in [0.2, 0.25) is 0 Å². The summed E-state index contributed by atoms with van der Waals surface area (Å²) in [6, 6.07) is 0. The average Bonchev–Trinajstić information content (AvgIpc) is 2.60. The molecule has 112 valence electrons. The molecule has 1 spiro atoms. The third kappa shape index (κ3) is 2.68. The van der Waals surface area contributed by atoms with Crippen molar-refractivity contribution >= 4 is 11.8 Å². The number of hydrogen-bond donors (Lipinski definition) is 2. The predicted molar refractivity (Wildman–Crippen MR) is 74.0 cm³/mol. The van der Waals surface area contributed by atoms with Crippen molar-refractivity contribution in [2.45, 2.75) is 68.9 Å². The van der Waals surface area contributed by atoms with Crippen molar-refractivity contribution in [3.8, 4) is 0 Å². The molecule has 2 aliphatic heterocycles. The van der Waals surface area contributed by atoms with Gasteiger partial charge in [-0.05, 0) is 44.9 Å². The molecule has 1 saturated carbocycles. The van der Waals surface area contributed by atoms with Crippen LogP contribution in [0.1, 0.15) is 57.8 Å². The number of likely N-dealkylation sites (tertiary alicyclic amines) is 1. The van der Waals surface area contributed by atoms with Crippen LogP contribution in [-0.4, -0.2) is 46.1 Å². The molecule has 2 N–H and O–H groups in total. The van der Waals surface area contributed by atoms with E-state index in [-0.39, 0.29) is 23.8 Å². The summed E-state index contributed by atoms with van der Waals surface area (Å²) in [7, 11) is 0. The second-order valence-corrected chi connectivity index (χ2v) is 6.82. The van der Waals surface area contributed by atoms with Gasteiger partial charge in [-0.25, -0.2) is 0 Å². The number of amides is 2. The highest BCUT2D eigenvalue weighted by molar-refractivity contribution is 5.80. The first-order valence-electron chi connectivity index (χ1n) is 7.82. The van der Waals surface area contributed by atoms with Crippen molar-refractivity contribution in [2.75, 3.05) is 13.1 Å². The molecule has 5 heteroatoms. The van der Waals surface area contributed by atoms with Gasteiger partial charge in [-0.1, -0.05) is 0 Å². The molecule has 1 aliphatic carbocycles. The van der Waals surface area contributed by atoms with Gasteiger partial charge in [0, 0.05) is 25.0 Å². The topological polar surface area (TPSA) is 69.6 Å². The summed E-state index contributed by atoms with van der Waals surface area (Å²) in [6.45, 7) is 1.46. The molecule has 2 heterocycles. The second kappa shape index (κ2) is 5.02. The maximum absolute atomic E-state index is 12.3. The predicted octanol–water partition coefficient (Wildman–Crippen LogP) is 0.953. The van der Waals surface area contributed by atoms with Crippen LogP contribution in [0, 0.1) is 0 Å². The summed E-state index contributed by atoms with van der Waals surface area (Å²) in [4.78, 5) is 25.6. The largest absolute Gasteiger partial charge is 0.389 e. The monoisotopic (exact) mass is 280 g/mol. The number of rotatable bonds is 2. The Morgan fingerprint density at radius 2 is 1.95 bits per heavy atom. The number of hydrogen-bond acceptors (Lipinski definition) is 3. The van der Waals surface area contributed by atoms with Crippen molar-refractivity contribution in [3.63, 3.8) is 0 Å². The minimum absolute atomic E-state index is 0.0700. The highest BCUT2D eigenvalue weighted by atomic mass is 16.3. The SMILES string of the molecule is O=C1CCC2(CCCN(C(=O)CC3(O)CCC3)CC2)N1. The molecule has 0 aromatic heterocycles. The van der Waals surface area contributed by atoms with Crippen molar-refractivity contribution in [1.29, 1.82) is 0 Å². The van der Waals surface area contributed by atoms with Crippen LogP contribution in [0.25, 0.3) is 0 Å². The standard InChI is InChI=1S/C15H24N2O3/c18-12-3-7-14(16-12)4-2-9-17(10-8-14)13(19)11-15(20)5-1-6-15/h20H,1-11H2,(H,16,18). The quantitative estimate of drug-likeness (QED) is 0.791. The second-order valence-electron chi connectivity index (χ2n) is 6.82. The van der Waals surface area contributed by atoms with Gasteiger partial charge >= 0.3 is 0 Å². The van der Waals surface area contributed by atoms with Crippen LogP contribution >= 0.6 is 0 Å². The maximum Gasteiger partial charge on any atom is 0.225 e. The highest BCUT2D eigenvalue weighted by Crippen LogP contribution is 2.36. The third-order valence-corrected chi connectivity index (χ3v) is 5.30. The van der Waals surface area contributed by atoms with E-state index in [1.807, 2.05) is 4.90 Å². The Morgan fingerprint density at radius 1 is 1.15 bits per heavy atom. The molecule has 0 aromatic rings. The van der Waals surface area contributed by atoms with E-state index in [2.05, 4.69) is 5.32 Å². The summed E-state index contributed by atoms with van der Waals surface area (Å²) < 4.78 is 0. The van der Waals surface area contributed by atoms with Crippen LogP contribution in [0.4, 0.5) is 0 Å². The fourth-order valence-corrected chi connectivity index (χ4v) is 3.75. The fraction of sp³-hybridized carbons (Fsp3) is 0.867. The zero-order valence-corrected chi connectivity index (χ0v) is 12.0. The minimum atomic E-state index is -0.733. The fourth-order valence-electron chi connectivity index (χ4n) is 3.75. The lowest BCUT2D eigenvalue weighted by Crippen LogP contribution is -2.45. The van der Waals surface area contributed by atoms with Crippen LogP contribution in [-0.2, 0) is 9.59 Å². The summed E-state index contributed by atoms with van der Waals surface area (Å²) in [6.07, 6.45) is 7.08.